The van der Waals surface area contributed by atoms with E-state index in [1.807, 2.05) is 19.1 Å². The van der Waals surface area contributed by atoms with Crippen molar-refractivity contribution >= 4 is 23.5 Å². The first-order chi connectivity index (χ1) is 12.9. The normalized spacial score (nSPS) is 11.4. The molecule has 0 radical (unpaired) electrons. The van der Waals surface area contributed by atoms with Gasteiger partial charge in [-0.05, 0) is 37.6 Å². The van der Waals surface area contributed by atoms with E-state index >= 15 is 0 Å². The number of hydrogen-bond donors (Lipinski definition) is 2. The van der Waals surface area contributed by atoms with E-state index in [2.05, 4.69) is 10.6 Å². The largest absolute Gasteiger partial charge is 0.452 e. The van der Waals surface area contributed by atoms with Crippen LogP contribution in [0.2, 0.25) is 0 Å². The van der Waals surface area contributed by atoms with Crippen LogP contribution in [-0.2, 0) is 14.3 Å². The van der Waals surface area contributed by atoms with Crippen LogP contribution in [0.25, 0.3) is 0 Å². The highest BCUT2D eigenvalue weighted by Crippen LogP contribution is 2.13. The van der Waals surface area contributed by atoms with Gasteiger partial charge in [-0.25, -0.2) is 4.39 Å². The summed E-state index contributed by atoms with van der Waals surface area (Å²) < 4.78 is 18.5. The molecule has 2 aromatic carbocycles. The van der Waals surface area contributed by atoms with Crippen LogP contribution >= 0.6 is 0 Å². The second-order valence-electron chi connectivity index (χ2n) is 5.92. The third kappa shape index (κ3) is 5.91. The average Bonchev–Trinajstić information content (AvgIpc) is 2.63. The molecule has 2 rings (SSSR count). The Morgan fingerprint density at radius 3 is 2.44 bits per heavy atom. The van der Waals surface area contributed by atoms with Crippen molar-refractivity contribution in [2.24, 2.45) is 0 Å². The second kappa shape index (κ2) is 9.47. The summed E-state index contributed by atoms with van der Waals surface area (Å²) >= 11 is 0. The van der Waals surface area contributed by atoms with Gasteiger partial charge in [0.05, 0.1) is 12.1 Å². The lowest BCUT2D eigenvalue weighted by molar-refractivity contribution is -0.153. The zero-order valence-corrected chi connectivity index (χ0v) is 15.1. The molecule has 0 aliphatic heterocycles. The summed E-state index contributed by atoms with van der Waals surface area (Å²) in [7, 11) is 0. The molecule has 2 N–H and O–H groups in total. The molecule has 0 aromatic heterocycles. The van der Waals surface area contributed by atoms with Gasteiger partial charge in [-0.2, -0.15) is 0 Å². The van der Waals surface area contributed by atoms with E-state index in [0.717, 1.165) is 5.56 Å². The van der Waals surface area contributed by atoms with E-state index in [1.54, 1.807) is 18.2 Å². The number of esters is 1. The summed E-state index contributed by atoms with van der Waals surface area (Å²) in [4.78, 5) is 35.9. The van der Waals surface area contributed by atoms with E-state index in [4.69, 9.17) is 4.74 Å². The fraction of sp³-hybridized carbons (Fsp3) is 0.250. The number of benzene rings is 2. The maximum atomic E-state index is 13.5. The minimum atomic E-state index is -1.09. The van der Waals surface area contributed by atoms with Crippen LogP contribution in [0.5, 0.6) is 0 Å². The van der Waals surface area contributed by atoms with Gasteiger partial charge in [0.1, 0.15) is 5.82 Å². The van der Waals surface area contributed by atoms with Crippen molar-refractivity contribution in [3.8, 4) is 0 Å². The molecular weight excluding hydrogens is 351 g/mol. The highest BCUT2D eigenvalue weighted by atomic mass is 19.1. The minimum absolute atomic E-state index is 0.0101. The van der Waals surface area contributed by atoms with Crippen LogP contribution in [-0.4, -0.2) is 30.4 Å². The van der Waals surface area contributed by atoms with E-state index < -0.39 is 23.8 Å². The van der Waals surface area contributed by atoms with Crippen molar-refractivity contribution in [3.05, 3.63) is 65.5 Å². The number of carbonyl (C=O) groups excluding carboxylic acids is 3. The Balaban J connectivity index is 1.76. The standard InChI is InChI=1S/C20H21FN2O4/c1-13-7-3-4-8-15(13)20(26)22-12-11-18(24)27-14(2)19(25)23-17-10-6-5-9-16(17)21/h3-10,14H,11-12H2,1-2H3,(H,22,26)(H,23,25). The zero-order valence-electron chi connectivity index (χ0n) is 15.1. The summed E-state index contributed by atoms with van der Waals surface area (Å²) in [5.41, 5.74) is 1.37. The highest BCUT2D eigenvalue weighted by molar-refractivity contribution is 5.96. The first kappa shape index (κ1) is 20.1. The van der Waals surface area contributed by atoms with Crippen molar-refractivity contribution in [1.82, 2.24) is 5.32 Å². The lowest BCUT2D eigenvalue weighted by Crippen LogP contribution is -2.32. The SMILES string of the molecule is Cc1ccccc1C(=O)NCCC(=O)OC(C)C(=O)Nc1ccccc1F. The Hall–Kier alpha value is -3.22. The monoisotopic (exact) mass is 372 g/mol. The van der Waals surface area contributed by atoms with Gasteiger partial charge in [0.25, 0.3) is 11.8 Å². The summed E-state index contributed by atoms with van der Waals surface area (Å²) in [6.45, 7) is 3.28. The molecule has 0 aliphatic carbocycles. The third-order valence-electron chi connectivity index (χ3n) is 3.81. The smallest absolute Gasteiger partial charge is 0.308 e. The van der Waals surface area contributed by atoms with Gasteiger partial charge < -0.3 is 15.4 Å². The molecule has 6 nitrogen and oxygen atoms in total. The quantitative estimate of drug-likeness (QED) is 0.732. The van der Waals surface area contributed by atoms with Gasteiger partial charge >= 0.3 is 5.97 Å². The van der Waals surface area contributed by atoms with Crippen LogP contribution in [0.4, 0.5) is 10.1 Å². The first-order valence-corrected chi connectivity index (χ1v) is 8.47. The van der Waals surface area contributed by atoms with E-state index in [0.29, 0.717) is 5.56 Å². The van der Waals surface area contributed by atoms with Crippen LogP contribution in [0.3, 0.4) is 0 Å². The maximum absolute atomic E-state index is 13.5. The van der Waals surface area contributed by atoms with Crippen molar-refractivity contribution in [1.29, 1.82) is 0 Å². The molecule has 0 bridgehead atoms. The number of hydrogen-bond acceptors (Lipinski definition) is 4. The molecule has 2 aromatic rings. The van der Waals surface area contributed by atoms with Gasteiger partial charge in [-0.3, -0.25) is 14.4 Å². The topological polar surface area (TPSA) is 84.5 Å². The summed E-state index contributed by atoms with van der Waals surface area (Å²) in [5.74, 6) is -2.15. The second-order valence-corrected chi connectivity index (χ2v) is 5.92. The molecule has 1 unspecified atom stereocenters. The van der Waals surface area contributed by atoms with Gasteiger partial charge in [-0.15, -0.1) is 0 Å². The lowest BCUT2D eigenvalue weighted by Gasteiger charge is -2.14. The van der Waals surface area contributed by atoms with Crippen LogP contribution in [0.15, 0.2) is 48.5 Å². The average molecular weight is 372 g/mol. The van der Waals surface area contributed by atoms with Gasteiger partial charge in [0, 0.05) is 12.1 Å². The number of carbonyl (C=O) groups is 3. The molecule has 0 heterocycles. The number of halogens is 1. The molecule has 27 heavy (non-hydrogen) atoms. The summed E-state index contributed by atoms with van der Waals surface area (Å²) in [6, 6.07) is 12.8. The molecule has 0 aliphatic rings. The van der Waals surface area contributed by atoms with Crippen LogP contribution in [0, 0.1) is 12.7 Å². The van der Waals surface area contributed by atoms with Crippen molar-refractivity contribution < 1.29 is 23.5 Å². The predicted molar refractivity (Wildman–Crippen MR) is 98.7 cm³/mol. The molecule has 7 heteroatoms. The molecule has 142 valence electrons. The van der Waals surface area contributed by atoms with Gasteiger partial charge in [0.2, 0.25) is 0 Å². The Bertz CT molecular complexity index is 838. The summed E-state index contributed by atoms with van der Waals surface area (Å²) in [5, 5.41) is 4.99. The molecule has 0 fully saturated rings. The van der Waals surface area contributed by atoms with Gasteiger partial charge in [-0.1, -0.05) is 30.3 Å². The zero-order chi connectivity index (χ0) is 19.8. The number of amides is 2. The number of anilines is 1. The van der Waals surface area contributed by atoms with E-state index in [1.165, 1.54) is 25.1 Å². The Morgan fingerprint density at radius 2 is 1.74 bits per heavy atom. The molecule has 2 amide bonds. The molecular formula is C20H21FN2O4. The molecule has 0 spiro atoms. The molecule has 1 atom stereocenters. The van der Waals surface area contributed by atoms with Crippen LogP contribution < -0.4 is 10.6 Å². The molecule has 0 saturated heterocycles. The fourth-order valence-electron chi connectivity index (χ4n) is 2.31. The van der Waals surface area contributed by atoms with Crippen molar-refractivity contribution in [2.45, 2.75) is 26.4 Å². The minimum Gasteiger partial charge on any atom is -0.452 e. The maximum Gasteiger partial charge on any atom is 0.308 e. The predicted octanol–water partition coefficient (Wildman–Crippen LogP) is 2.82. The van der Waals surface area contributed by atoms with E-state index in [9.17, 15) is 18.8 Å². The lowest BCUT2D eigenvalue weighted by atomic mass is 10.1. The van der Waals surface area contributed by atoms with Crippen molar-refractivity contribution in [3.63, 3.8) is 0 Å². The molecule has 0 saturated carbocycles. The number of nitrogens with one attached hydrogen (secondary N) is 2. The Kier molecular flexibility index (Phi) is 7.05. The highest BCUT2D eigenvalue weighted by Gasteiger charge is 2.19. The summed E-state index contributed by atoms with van der Waals surface area (Å²) in [6.07, 6.45) is -1.18. The first-order valence-electron chi connectivity index (χ1n) is 8.47. The Labute approximate surface area is 156 Å². The number of aryl methyl sites for hydroxylation is 1. The van der Waals surface area contributed by atoms with E-state index in [-0.39, 0.29) is 24.6 Å². The third-order valence-corrected chi connectivity index (χ3v) is 3.81. The van der Waals surface area contributed by atoms with Crippen LogP contribution in [0.1, 0.15) is 29.3 Å². The Morgan fingerprint density at radius 1 is 1.07 bits per heavy atom. The fourth-order valence-corrected chi connectivity index (χ4v) is 2.31. The number of rotatable bonds is 7. The van der Waals surface area contributed by atoms with Gasteiger partial charge in [0.15, 0.2) is 6.10 Å². The number of ether oxygens (including phenoxy) is 1. The van der Waals surface area contributed by atoms with Crippen molar-refractivity contribution in [2.75, 3.05) is 11.9 Å². The number of para-hydroxylation sites is 1.